The molecule has 9 atom stereocenters. The molecule has 0 N–H and O–H groups in total. The van der Waals surface area contributed by atoms with Crippen LogP contribution in [0.1, 0.15) is 106 Å². The normalized spacial score (nSPS) is 51.7. The summed E-state index contributed by atoms with van der Waals surface area (Å²) < 4.78 is 11.2. The van der Waals surface area contributed by atoms with Crippen LogP contribution in [0.4, 0.5) is 0 Å². The molecule has 5 aliphatic rings. The molecular formula is C32H50O4. The van der Waals surface area contributed by atoms with Gasteiger partial charge in [0.1, 0.15) is 0 Å². The van der Waals surface area contributed by atoms with Crippen molar-refractivity contribution in [1.82, 2.24) is 0 Å². The number of hydrogen-bond acceptors (Lipinski definition) is 4. The third-order valence-corrected chi connectivity index (χ3v) is 13.5. The van der Waals surface area contributed by atoms with Crippen LogP contribution < -0.4 is 0 Å². The van der Waals surface area contributed by atoms with Crippen LogP contribution in [0.15, 0.2) is 11.6 Å². The first-order chi connectivity index (χ1) is 16.6. The van der Waals surface area contributed by atoms with Crippen molar-refractivity contribution >= 4 is 11.8 Å². The van der Waals surface area contributed by atoms with E-state index in [9.17, 15) is 9.59 Å². The van der Waals surface area contributed by atoms with Crippen LogP contribution in [0.5, 0.6) is 0 Å². The fourth-order valence-electron chi connectivity index (χ4n) is 11.0. The van der Waals surface area contributed by atoms with Gasteiger partial charge in [-0.05, 0) is 110 Å². The number of methoxy groups -OCH3 is 2. The molecule has 4 saturated carbocycles. The zero-order chi connectivity index (χ0) is 26.5. The van der Waals surface area contributed by atoms with Crippen LogP contribution in [0, 0.1) is 50.2 Å². The Morgan fingerprint density at radius 3 is 2.19 bits per heavy atom. The van der Waals surface area contributed by atoms with Crippen molar-refractivity contribution in [2.24, 2.45) is 50.2 Å². The molecule has 0 unspecified atom stereocenters. The Morgan fingerprint density at radius 1 is 0.889 bits per heavy atom. The van der Waals surface area contributed by atoms with Crippen LogP contribution in [0.2, 0.25) is 0 Å². The fraction of sp³-hybridized carbons (Fsp3) is 0.875. The summed E-state index contributed by atoms with van der Waals surface area (Å²) in [5, 5.41) is 0. The lowest BCUT2D eigenvalue weighted by atomic mass is 9.33. The van der Waals surface area contributed by atoms with Gasteiger partial charge in [0.25, 0.3) is 0 Å². The zero-order valence-corrected chi connectivity index (χ0v) is 24.4. The van der Waals surface area contributed by atoms with E-state index in [1.54, 1.807) is 0 Å². The van der Waals surface area contributed by atoms with Gasteiger partial charge in [0.15, 0.2) is 5.78 Å². The summed E-state index contributed by atoms with van der Waals surface area (Å²) in [5.41, 5.74) is 1.03. The van der Waals surface area contributed by atoms with Crippen LogP contribution in [0.3, 0.4) is 0 Å². The molecule has 0 aliphatic heterocycles. The lowest BCUT2D eigenvalue weighted by molar-refractivity contribution is -0.206. The van der Waals surface area contributed by atoms with Gasteiger partial charge < -0.3 is 9.47 Å². The largest absolute Gasteiger partial charge is 0.469 e. The number of rotatable bonds is 2. The molecule has 202 valence electrons. The third-order valence-electron chi connectivity index (χ3n) is 13.5. The fourth-order valence-corrected chi connectivity index (χ4v) is 11.0. The average molecular weight is 499 g/mol. The molecule has 0 spiro atoms. The van der Waals surface area contributed by atoms with Crippen molar-refractivity contribution in [2.45, 2.75) is 112 Å². The van der Waals surface area contributed by atoms with Crippen molar-refractivity contribution in [3.05, 3.63) is 11.6 Å². The van der Waals surface area contributed by atoms with E-state index < -0.39 is 5.41 Å². The Kier molecular flexibility index (Phi) is 5.83. The summed E-state index contributed by atoms with van der Waals surface area (Å²) in [5.74, 6) is 1.07. The first-order valence-corrected chi connectivity index (χ1v) is 14.5. The van der Waals surface area contributed by atoms with E-state index in [4.69, 9.17) is 9.47 Å². The summed E-state index contributed by atoms with van der Waals surface area (Å²) in [4.78, 5) is 27.2. The molecule has 0 amide bonds. The Bertz CT molecular complexity index is 996. The molecule has 0 heterocycles. The molecule has 5 rings (SSSR count). The lowest BCUT2D eigenvalue weighted by Gasteiger charge is -2.70. The molecule has 4 fully saturated rings. The van der Waals surface area contributed by atoms with Gasteiger partial charge in [0, 0.05) is 13.0 Å². The predicted molar refractivity (Wildman–Crippen MR) is 142 cm³/mol. The Balaban J connectivity index is 1.60. The summed E-state index contributed by atoms with van der Waals surface area (Å²) in [6.07, 6.45) is 11.7. The Morgan fingerprint density at radius 2 is 1.56 bits per heavy atom. The van der Waals surface area contributed by atoms with Gasteiger partial charge in [-0.15, -0.1) is 0 Å². The monoisotopic (exact) mass is 498 g/mol. The number of esters is 1. The van der Waals surface area contributed by atoms with E-state index in [1.807, 2.05) is 7.11 Å². The van der Waals surface area contributed by atoms with Gasteiger partial charge in [-0.2, -0.15) is 0 Å². The number of ether oxygens (including phenoxy) is 2. The summed E-state index contributed by atoms with van der Waals surface area (Å²) >= 11 is 0. The van der Waals surface area contributed by atoms with E-state index >= 15 is 0 Å². The second kappa shape index (κ2) is 7.93. The number of carbonyl (C=O) groups is 2. The first-order valence-electron chi connectivity index (χ1n) is 14.5. The van der Waals surface area contributed by atoms with Gasteiger partial charge in [-0.3, -0.25) is 9.59 Å². The zero-order valence-electron chi connectivity index (χ0n) is 24.4. The maximum atomic E-state index is 14.4. The second-order valence-electron chi connectivity index (χ2n) is 15.3. The van der Waals surface area contributed by atoms with Crippen LogP contribution >= 0.6 is 0 Å². The van der Waals surface area contributed by atoms with Crippen LogP contribution in [-0.2, 0) is 19.1 Å². The molecule has 0 radical (unpaired) electrons. The number of carbonyl (C=O) groups excluding carboxylic acids is 2. The van der Waals surface area contributed by atoms with Crippen molar-refractivity contribution in [3.8, 4) is 0 Å². The molecule has 0 bridgehead atoms. The van der Waals surface area contributed by atoms with Gasteiger partial charge in [0.2, 0.25) is 0 Å². The minimum Gasteiger partial charge on any atom is -0.469 e. The molecular weight excluding hydrogens is 448 g/mol. The SMILES string of the molecule is COC(=O)[C@@]1(C)CC[C@]2(C)CC[C@]3(C)C(=CC(=O)[C@@H]4[C@@]5(C)CC[C@H](OC)C(C)(C)[C@@H]5CC[C@]43C)[C@H]2C1. The van der Waals surface area contributed by atoms with E-state index in [0.29, 0.717) is 11.7 Å². The minimum atomic E-state index is -0.467. The standard InChI is InChI=1S/C32H50O4/c1-27(2)23-10-13-32(7)25(30(23,5)12-11-24(27)35-8)22(33)18-20-21-19-29(4,26(34)36-9)15-14-28(21,3)16-17-31(20,32)6/h18,21,23-25H,10-17,19H2,1-9H3/t21-,23+,24+,25-,28-,29+,30+,31-,32-/m1/s1. The van der Waals surface area contributed by atoms with Crippen LogP contribution in [-0.4, -0.2) is 32.1 Å². The summed E-state index contributed by atoms with van der Waals surface area (Å²) in [6, 6.07) is 0. The molecule has 4 heteroatoms. The average Bonchev–Trinajstić information content (AvgIpc) is 2.80. The van der Waals surface area contributed by atoms with E-state index in [2.05, 4.69) is 54.5 Å². The molecule has 36 heavy (non-hydrogen) atoms. The second-order valence-corrected chi connectivity index (χ2v) is 15.3. The molecule has 0 aromatic rings. The Hall–Kier alpha value is -1.16. The number of fused-ring (bicyclic) bond motifs is 7. The van der Waals surface area contributed by atoms with E-state index in [1.165, 1.54) is 19.1 Å². The highest BCUT2D eigenvalue weighted by Crippen LogP contribution is 2.75. The number of ketones is 1. The highest BCUT2D eigenvalue weighted by molar-refractivity contribution is 5.95. The molecule has 4 nitrogen and oxygen atoms in total. The topological polar surface area (TPSA) is 52.6 Å². The Labute approximate surface area is 219 Å². The smallest absolute Gasteiger partial charge is 0.311 e. The molecule has 0 aromatic heterocycles. The summed E-state index contributed by atoms with van der Waals surface area (Å²) in [7, 11) is 3.37. The predicted octanol–water partition coefficient (Wildman–Crippen LogP) is 7.16. The third kappa shape index (κ3) is 3.15. The molecule has 5 aliphatic carbocycles. The van der Waals surface area contributed by atoms with E-state index in [0.717, 1.165) is 51.4 Å². The molecule has 0 saturated heterocycles. The van der Waals surface area contributed by atoms with Crippen molar-refractivity contribution in [1.29, 1.82) is 0 Å². The van der Waals surface area contributed by atoms with Crippen LogP contribution in [0.25, 0.3) is 0 Å². The number of hydrogen-bond donors (Lipinski definition) is 0. The van der Waals surface area contributed by atoms with E-state index in [-0.39, 0.29) is 51.0 Å². The first kappa shape index (κ1) is 26.4. The molecule has 0 aromatic carbocycles. The van der Waals surface area contributed by atoms with Crippen molar-refractivity contribution in [3.63, 3.8) is 0 Å². The quantitative estimate of drug-likeness (QED) is 0.379. The van der Waals surface area contributed by atoms with Crippen molar-refractivity contribution < 1.29 is 19.1 Å². The summed E-state index contributed by atoms with van der Waals surface area (Å²) in [6.45, 7) is 16.6. The van der Waals surface area contributed by atoms with Gasteiger partial charge in [0.05, 0.1) is 18.6 Å². The number of allylic oxidation sites excluding steroid dienone is 2. The maximum Gasteiger partial charge on any atom is 0.311 e. The lowest BCUT2D eigenvalue weighted by Crippen LogP contribution is -2.66. The highest BCUT2D eigenvalue weighted by atomic mass is 16.5. The maximum absolute atomic E-state index is 14.4. The van der Waals surface area contributed by atoms with Gasteiger partial charge in [-0.1, -0.05) is 47.1 Å². The van der Waals surface area contributed by atoms with Crippen molar-refractivity contribution in [2.75, 3.05) is 14.2 Å². The van der Waals surface area contributed by atoms with Gasteiger partial charge in [-0.25, -0.2) is 0 Å². The van der Waals surface area contributed by atoms with Gasteiger partial charge >= 0.3 is 5.97 Å². The highest BCUT2D eigenvalue weighted by Gasteiger charge is 2.70. The minimum absolute atomic E-state index is 0.0124.